The number of nitrogen functional groups attached to an aromatic ring is 1. The lowest BCUT2D eigenvalue weighted by molar-refractivity contribution is 1.33. The molecule has 0 fully saturated rings. The van der Waals surface area contributed by atoms with Crippen molar-refractivity contribution in [1.82, 2.24) is 4.98 Å². The Labute approximate surface area is 87.4 Å². The Balaban J connectivity index is 2.50. The second-order valence-corrected chi connectivity index (χ2v) is 3.29. The van der Waals surface area contributed by atoms with Gasteiger partial charge in [-0.15, -0.1) is 0 Å². The van der Waals surface area contributed by atoms with Gasteiger partial charge in [0.1, 0.15) is 0 Å². The minimum atomic E-state index is 0.551. The van der Waals surface area contributed by atoms with E-state index in [1.165, 1.54) is 0 Å². The van der Waals surface area contributed by atoms with Gasteiger partial charge in [-0.25, -0.2) is 0 Å². The van der Waals surface area contributed by atoms with Gasteiger partial charge in [-0.05, 0) is 18.2 Å². The van der Waals surface area contributed by atoms with Crippen molar-refractivity contribution in [3.63, 3.8) is 0 Å². The average molecular weight is 204 g/mol. The van der Waals surface area contributed by atoms with E-state index in [0.717, 1.165) is 11.3 Å². The van der Waals surface area contributed by atoms with Crippen molar-refractivity contribution in [2.75, 3.05) is 5.73 Å². The summed E-state index contributed by atoms with van der Waals surface area (Å²) >= 11 is 5.78. The number of nitrogens with zero attached hydrogens (tertiary/aromatic N) is 1. The molecule has 2 rings (SSSR count). The molecule has 0 aliphatic carbocycles. The first-order chi connectivity index (χ1) is 6.77. The molecule has 1 heterocycles. The Hall–Kier alpha value is -1.54. The number of hydrogen-bond donors (Lipinski definition) is 1. The van der Waals surface area contributed by atoms with Crippen LogP contribution < -0.4 is 5.73 Å². The van der Waals surface area contributed by atoms with Crippen LogP contribution >= 0.6 is 11.6 Å². The van der Waals surface area contributed by atoms with Crippen LogP contribution in [0, 0.1) is 6.07 Å². The Bertz CT molecular complexity index is 437. The number of aromatic nitrogens is 1. The normalized spacial score (nSPS) is 10.1. The summed E-state index contributed by atoms with van der Waals surface area (Å²) in [5, 5.41) is 0.701. The molecule has 0 saturated heterocycles. The zero-order valence-corrected chi connectivity index (χ0v) is 8.12. The molecular weight excluding hydrogens is 196 g/mol. The Morgan fingerprint density at radius 2 is 1.93 bits per heavy atom. The molecule has 69 valence electrons. The van der Waals surface area contributed by atoms with Crippen molar-refractivity contribution < 1.29 is 0 Å². The van der Waals surface area contributed by atoms with Gasteiger partial charge >= 0.3 is 0 Å². The first-order valence-electron chi connectivity index (χ1n) is 4.15. The SMILES string of the molecule is Nc1[c]ccnc1-c1ccc(Cl)cc1. The van der Waals surface area contributed by atoms with Crippen molar-refractivity contribution in [2.45, 2.75) is 0 Å². The zero-order chi connectivity index (χ0) is 9.97. The first-order valence-corrected chi connectivity index (χ1v) is 4.53. The van der Waals surface area contributed by atoms with Crippen molar-refractivity contribution in [2.24, 2.45) is 0 Å². The highest BCUT2D eigenvalue weighted by Gasteiger charge is 2.02. The summed E-state index contributed by atoms with van der Waals surface area (Å²) in [5.41, 5.74) is 7.98. The summed E-state index contributed by atoms with van der Waals surface area (Å²) in [4.78, 5) is 4.18. The molecule has 1 aromatic carbocycles. The molecular formula is C11H8ClN2. The van der Waals surface area contributed by atoms with E-state index in [1.807, 2.05) is 24.3 Å². The number of rotatable bonds is 1. The second-order valence-electron chi connectivity index (χ2n) is 2.86. The van der Waals surface area contributed by atoms with E-state index in [-0.39, 0.29) is 0 Å². The predicted molar refractivity (Wildman–Crippen MR) is 57.9 cm³/mol. The molecule has 2 nitrogen and oxygen atoms in total. The van der Waals surface area contributed by atoms with Crippen molar-refractivity contribution in [3.8, 4) is 11.3 Å². The number of benzene rings is 1. The summed E-state index contributed by atoms with van der Waals surface area (Å²) in [5.74, 6) is 0. The van der Waals surface area contributed by atoms with E-state index in [1.54, 1.807) is 12.3 Å². The van der Waals surface area contributed by atoms with E-state index in [9.17, 15) is 0 Å². The second kappa shape index (κ2) is 3.68. The largest absolute Gasteiger partial charge is 0.396 e. The van der Waals surface area contributed by atoms with E-state index >= 15 is 0 Å². The molecule has 1 aromatic heterocycles. The van der Waals surface area contributed by atoms with E-state index < -0.39 is 0 Å². The number of nitrogens with two attached hydrogens (primary N) is 1. The lowest BCUT2D eigenvalue weighted by Gasteiger charge is -2.03. The molecule has 0 aliphatic rings. The fourth-order valence-corrected chi connectivity index (χ4v) is 1.34. The van der Waals surface area contributed by atoms with Crippen LogP contribution in [0.5, 0.6) is 0 Å². The van der Waals surface area contributed by atoms with Crippen molar-refractivity contribution >= 4 is 17.3 Å². The fourth-order valence-electron chi connectivity index (χ4n) is 1.21. The summed E-state index contributed by atoms with van der Waals surface area (Å²) in [6.45, 7) is 0. The van der Waals surface area contributed by atoms with Crippen LogP contribution in [0.15, 0.2) is 36.5 Å². The molecule has 0 aliphatic heterocycles. The van der Waals surface area contributed by atoms with Crippen molar-refractivity contribution in [3.05, 3.63) is 47.6 Å². The van der Waals surface area contributed by atoms with Crippen LogP contribution in [0.3, 0.4) is 0 Å². The minimum absolute atomic E-state index is 0.551. The van der Waals surface area contributed by atoms with Crippen LogP contribution in [0.25, 0.3) is 11.3 Å². The van der Waals surface area contributed by atoms with Gasteiger partial charge in [-0.1, -0.05) is 23.7 Å². The number of pyridine rings is 1. The van der Waals surface area contributed by atoms with Gasteiger partial charge in [-0.3, -0.25) is 4.98 Å². The van der Waals surface area contributed by atoms with Crippen LogP contribution in [0.4, 0.5) is 5.69 Å². The molecule has 2 N–H and O–H groups in total. The smallest absolute Gasteiger partial charge is 0.0937 e. The van der Waals surface area contributed by atoms with Crippen LogP contribution in [-0.2, 0) is 0 Å². The third-order valence-electron chi connectivity index (χ3n) is 1.89. The summed E-state index contributed by atoms with van der Waals surface area (Å²) in [6.07, 6.45) is 1.67. The Kier molecular flexibility index (Phi) is 2.37. The lowest BCUT2D eigenvalue weighted by atomic mass is 10.1. The van der Waals surface area contributed by atoms with Gasteiger partial charge in [0.2, 0.25) is 0 Å². The van der Waals surface area contributed by atoms with Gasteiger partial charge < -0.3 is 5.73 Å². The monoisotopic (exact) mass is 203 g/mol. The maximum absolute atomic E-state index is 5.78. The molecule has 1 radical (unpaired) electrons. The molecule has 2 aromatic rings. The molecule has 0 atom stereocenters. The summed E-state index contributed by atoms with van der Waals surface area (Å²) < 4.78 is 0. The Morgan fingerprint density at radius 1 is 1.21 bits per heavy atom. The molecule has 14 heavy (non-hydrogen) atoms. The highest BCUT2D eigenvalue weighted by molar-refractivity contribution is 6.30. The average Bonchev–Trinajstić information content (AvgIpc) is 2.20. The highest BCUT2D eigenvalue weighted by Crippen LogP contribution is 2.23. The van der Waals surface area contributed by atoms with Crippen LogP contribution in [-0.4, -0.2) is 4.98 Å². The Morgan fingerprint density at radius 3 is 2.57 bits per heavy atom. The van der Waals surface area contributed by atoms with Crippen LogP contribution in [0.1, 0.15) is 0 Å². The first kappa shape index (κ1) is 9.03. The summed E-state index contributed by atoms with van der Waals surface area (Å²) in [7, 11) is 0. The third kappa shape index (κ3) is 1.70. The lowest BCUT2D eigenvalue weighted by Crippen LogP contribution is -1.92. The summed E-state index contributed by atoms with van der Waals surface area (Å²) in [6, 6.07) is 12.0. The van der Waals surface area contributed by atoms with E-state index in [2.05, 4.69) is 11.1 Å². The van der Waals surface area contributed by atoms with Gasteiger partial charge in [0.25, 0.3) is 0 Å². The molecule has 0 unspecified atom stereocenters. The van der Waals surface area contributed by atoms with Gasteiger partial charge in [-0.2, -0.15) is 0 Å². The molecule has 0 amide bonds. The van der Waals surface area contributed by atoms with Crippen LogP contribution in [0.2, 0.25) is 5.02 Å². The number of hydrogen-bond acceptors (Lipinski definition) is 2. The highest BCUT2D eigenvalue weighted by atomic mass is 35.5. The van der Waals surface area contributed by atoms with Gasteiger partial charge in [0.05, 0.1) is 11.4 Å². The zero-order valence-electron chi connectivity index (χ0n) is 7.37. The number of anilines is 1. The standard InChI is InChI=1S/C11H8ClN2/c12-9-5-3-8(4-6-9)11-10(13)2-1-7-14-11/h1,3-7H,13H2. The fraction of sp³-hybridized carbons (Fsp3) is 0. The molecule has 0 saturated carbocycles. The maximum atomic E-state index is 5.78. The minimum Gasteiger partial charge on any atom is -0.396 e. The predicted octanol–water partition coefficient (Wildman–Crippen LogP) is 2.78. The topological polar surface area (TPSA) is 38.9 Å². The van der Waals surface area contributed by atoms with E-state index in [0.29, 0.717) is 10.7 Å². The molecule has 0 spiro atoms. The van der Waals surface area contributed by atoms with Gasteiger partial charge in [0.15, 0.2) is 0 Å². The van der Waals surface area contributed by atoms with Gasteiger partial charge in [0, 0.05) is 22.8 Å². The number of halogens is 1. The molecule has 0 bridgehead atoms. The molecule has 3 heteroatoms. The van der Waals surface area contributed by atoms with E-state index in [4.69, 9.17) is 17.3 Å². The third-order valence-corrected chi connectivity index (χ3v) is 2.14. The quantitative estimate of drug-likeness (QED) is 0.774. The van der Waals surface area contributed by atoms with Crippen molar-refractivity contribution in [1.29, 1.82) is 0 Å². The maximum Gasteiger partial charge on any atom is 0.0937 e.